The number of hydrogen-bond acceptors (Lipinski definition) is 4. The zero-order valence-electron chi connectivity index (χ0n) is 8.51. The number of methoxy groups -OCH3 is 2. The quantitative estimate of drug-likeness (QED) is 0.594. The molecule has 0 aromatic carbocycles. The lowest BCUT2D eigenvalue weighted by Crippen LogP contribution is -2.46. The molecule has 0 aromatic rings. The van der Waals surface area contributed by atoms with E-state index in [2.05, 4.69) is 10.6 Å². The molecular formula is C9H20N2O2. The lowest BCUT2D eigenvalue weighted by Gasteiger charge is -2.25. The maximum absolute atomic E-state index is 5.09. The average molecular weight is 188 g/mol. The smallest absolute Gasteiger partial charge is 0.169 e. The van der Waals surface area contributed by atoms with Gasteiger partial charge in [0.25, 0.3) is 0 Å². The highest BCUT2D eigenvalue weighted by Crippen LogP contribution is 2.01. The Morgan fingerprint density at radius 3 is 2.77 bits per heavy atom. The summed E-state index contributed by atoms with van der Waals surface area (Å²) in [5.41, 5.74) is 0. The second-order valence-corrected chi connectivity index (χ2v) is 3.35. The van der Waals surface area contributed by atoms with Gasteiger partial charge < -0.3 is 20.1 Å². The van der Waals surface area contributed by atoms with Gasteiger partial charge >= 0.3 is 0 Å². The van der Waals surface area contributed by atoms with Crippen molar-refractivity contribution in [3.8, 4) is 0 Å². The fraction of sp³-hybridized carbons (Fsp3) is 1.00. The van der Waals surface area contributed by atoms with E-state index in [9.17, 15) is 0 Å². The van der Waals surface area contributed by atoms with E-state index in [-0.39, 0.29) is 6.29 Å². The van der Waals surface area contributed by atoms with Gasteiger partial charge in [-0.1, -0.05) is 0 Å². The molecule has 13 heavy (non-hydrogen) atoms. The molecule has 4 heteroatoms. The van der Waals surface area contributed by atoms with E-state index in [0.29, 0.717) is 6.04 Å². The van der Waals surface area contributed by atoms with Gasteiger partial charge in [0.2, 0.25) is 0 Å². The first kappa shape index (κ1) is 10.9. The zero-order chi connectivity index (χ0) is 9.52. The van der Waals surface area contributed by atoms with E-state index >= 15 is 0 Å². The van der Waals surface area contributed by atoms with Crippen molar-refractivity contribution in [3.63, 3.8) is 0 Å². The molecule has 0 aliphatic carbocycles. The van der Waals surface area contributed by atoms with Gasteiger partial charge in [-0.2, -0.15) is 0 Å². The van der Waals surface area contributed by atoms with Crippen molar-refractivity contribution in [2.45, 2.75) is 25.2 Å². The van der Waals surface area contributed by atoms with Crippen molar-refractivity contribution in [1.82, 2.24) is 10.6 Å². The second kappa shape index (κ2) is 6.32. The molecule has 4 nitrogen and oxygen atoms in total. The van der Waals surface area contributed by atoms with Crippen LogP contribution in [0, 0.1) is 0 Å². The van der Waals surface area contributed by atoms with Gasteiger partial charge in [-0.15, -0.1) is 0 Å². The molecule has 0 radical (unpaired) electrons. The highest BCUT2D eigenvalue weighted by molar-refractivity contribution is 4.75. The summed E-state index contributed by atoms with van der Waals surface area (Å²) in [6, 6.07) is 0.571. The second-order valence-electron chi connectivity index (χ2n) is 3.35. The topological polar surface area (TPSA) is 42.5 Å². The molecule has 1 heterocycles. The lowest BCUT2D eigenvalue weighted by atomic mass is 10.1. The number of hydrogen-bond donors (Lipinski definition) is 2. The van der Waals surface area contributed by atoms with Crippen molar-refractivity contribution in [3.05, 3.63) is 0 Å². The summed E-state index contributed by atoms with van der Waals surface area (Å²) >= 11 is 0. The standard InChI is InChI=1S/C9H20N2O2/c1-12-9(13-2)7-11-8-4-3-5-10-6-8/h8-11H,3-7H2,1-2H3. The Morgan fingerprint density at radius 2 is 2.23 bits per heavy atom. The molecule has 0 bridgehead atoms. The largest absolute Gasteiger partial charge is 0.355 e. The van der Waals surface area contributed by atoms with E-state index in [1.807, 2.05) is 0 Å². The molecule has 0 saturated carbocycles. The third kappa shape index (κ3) is 4.04. The van der Waals surface area contributed by atoms with Gasteiger partial charge in [0.15, 0.2) is 6.29 Å². The van der Waals surface area contributed by atoms with Crippen molar-refractivity contribution in [2.75, 3.05) is 33.9 Å². The predicted molar refractivity (Wildman–Crippen MR) is 51.7 cm³/mol. The first-order chi connectivity index (χ1) is 6.36. The molecule has 2 N–H and O–H groups in total. The average Bonchev–Trinajstić information content (AvgIpc) is 2.21. The number of ether oxygens (including phenoxy) is 2. The minimum atomic E-state index is -0.123. The van der Waals surface area contributed by atoms with Crippen LogP contribution in [0.15, 0.2) is 0 Å². The molecule has 0 spiro atoms. The van der Waals surface area contributed by atoms with Crippen LogP contribution in [0.4, 0.5) is 0 Å². The molecule has 1 unspecified atom stereocenters. The van der Waals surface area contributed by atoms with E-state index in [0.717, 1.165) is 19.6 Å². The van der Waals surface area contributed by atoms with Gasteiger partial charge in [-0.25, -0.2) is 0 Å². The number of rotatable bonds is 5. The van der Waals surface area contributed by atoms with E-state index < -0.39 is 0 Å². The van der Waals surface area contributed by atoms with Gasteiger partial charge in [0, 0.05) is 33.4 Å². The number of piperidine rings is 1. The predicted octanol–water partition coefficient (Wildman–Crippen LogP) is -0.0531. The summed E-state index contributed by atoms with van der Waals surface area (Å²) in [4.78, 5) is 0. The van der Waals surface area contributed by atoms with Crippen molar-refractivity contribution in [1.29, 1.82) is 0 Å². The normalized spacial score (nSPS) is 23.8. The van der Waals surface area contributed by atoms with Crippen LogP contribution in [0.1, 0.15) is 12.8 Å². The summed E-state index contributed by atoms with van der Waals surface area (Å²) in [5, 5.41) is 6.76. The monoisotopic (exact) mass is 188 g/mol. The molecule has 1 fully saturated rings. The van der Waals surface area contributed by atoms with Gasteiger partial charge in [0.05, 0.1) is 0 Å². The molecular weight excluding hydrogens is 168 g/mol. The van der Waals surface area contributed by atoms with Crippen molar-refractivity contribution in [2.24, 2.45) is 0 Å². The summed E-state index contributed by atoms with van der Waals surface area (Å²) in [5.74, 6) is 0. The van der Waals surface area contributed by atoms with Gasteiger partial charge in [0.1, 0.15) is 0 Å². The summed E-state index contributed by atoms with van der Waals surface area (Å²) < 4.78 is 10.2. The van der Waals surface area contributed by atoms with Gasteiger partial charge in [-0.3, -0.25) is 0 Å². The third-order valence-corrected chi connectivity index (χ3v) is 2.40. The Bertz CT molecular complexity index is 123. The molecule has 1 rings (SSSR count). The van der Waals surface area contributed by atoms with Crippen LogP contribution in [0.2, 0.25) is 0 Å². The van der Waals surface area contributed by atoms with E-state index in [4.69, 9.17) is 9.47 Å². The van der Waals surface area contributed by atoms with Crippen LogP contribution in [-0.2, 0) is 9.47 Å². The Labute approximate surface area is 80.0 Å². The van der Waals surface area contributed by atoms with Crippen LogP contribution < -0.4 is 10.6 Å². The highest BCUT2D eigenvalue weighted by atomic mass is 16.7. The molecule has 78 valence electrons. The minimum absolute atomic E-state index is 0.123. The molecule has 1 saturated heterocycles. The Kier molecular flexibility index (Phi) is 5.31. The van der Waals surface area contributed by atoms with Crippen molar-refractivity contribution < 1.29 is 9.47 Å². The SMILES string of the molecule is COC(CNC1CCCNC1)OC. The van der Waals surface area contributed by atoms with Crippen LogP contribution in [0.5, 0.6) is 0 Å². The Balaban J connectivity index is 2.09. The highest BCUT2D eigenvalue weighted by Gasteiger charge is 2.13. The molecule has 0 amide bonds. The third-order valence-electron chi connectivity index (χ3n) is 2.40. The molecule has 1 aliphatic heterocycles. The summed E-state index contributed by atoms with van der Waals surface area (Å²) in [6.45, 7) is 2.97. The number of nitrogens with one attached hydrogen (secondary N) is 2. The van der Waals surface area contributed by atoms with E-state index in [1.54, 1.807) is 14.2 Å². The van der Waals surface area contributed by atoms with Crippen LogP contribution in [0.3, 0.4) is 0 Å². The fourth-order valence-electron chi connectivity index (χ4n) is 1.55. The first-order valence-corrected chi connectivity index (χ1v) is 4.86. The van der Waals surface area contributed by atoms with Crippen LogP contribution in [0.25, 0.3) is 0 Å². The molecule has 0 aromatic heterocycles. The van der Waals surface area contributed by atoms with Gasteiger partial charge in [-0.05, 0) is 19.4 Å². The summed E-state index contributed by atoms with van der Waals surface area (Å²) in [6.07, 6.45) is 2.37. The Morgan fingerprint density at radius 1 is 1.46 bits per heavy atom. The summed E-state index contributed by atoms with van der Waals surface area (Å²) in [7, 11) is 3.32. The molecule has 1 aliphatic rings. The maximum atomic E-state index is 5.09. The van der Waals surface area contributed by atoms with Crippen molar-refractivity contribution >= 4 is 0 Å². The van der Waals surface area contributed by atoms with Crippen LogP contribution >= 0.6 is 0 Å². The zero-order valence-corrected chi connectivity index (χ0v) is 8.51. The van der Waals surface area contributed by atoms with E-state index in [1.165, 1.54) is 12.8 Å². The van der Waals surface area contributed by atoms with Crippen LogP contribution in [-0.4, -0.2) is 46.2 Å². The molecule has 1 atom stereocenters. The lowest BCUT2D eigenvalue weighted by molar-refractivity contribution is -0.100. The first-order valence-electron chi connectivity index (χ1n) is 4.86. The minimum Gasteiger partial charge on any atom is -0.355 e. The maximum Gasteiger partial charge on any atom is 0.169 e. The Hall–Kier alpha value is -0.160. The fourth-order valence-corrected chi connectivity index (χ4v) is 1.55.